The van der Waals surface area contributed by atoms with E-state index in [4.69, 9.17) is 10.3 Å². The van der Waals surface area contributed by atoms with Crippen molar-refractivity contribution >= 4 is 16.5 Å². The summed E-state index contributed by atoms with van der Waals surface area (Å²) in [5, 5.41) is 4.64. The third kappa shape index (κ3) is 1.65. The Hall–Kier alpha value is -2.21. The lowest BCUT2D eigenvalue weighted by Crippen LogP contribution is -2.19. The smallest absolute Gasteiger partial charge is 0.270 e. The summed E-state index contributed by atoms with van der Waals surface area (Å²) in [7, 11) is 0. The monoisotopic (exact) mass is 284 g/mol. The zero-order chi connectivity index (χ0) is 13.7. The van der Waals surface area contributed by atoms with Crippen molar-refractivity contribution in [3.8, 4) is 10.8 Å². The van der Waals surface area contributed by atoms with Crippen molar-refractivity contribution in [3.63, 3.8) is 0 Å². The van der Waals surface area contributed by atoms with Gasteiger partial charge in [0.2, 0.25) is 0 Å². The Morgan fingerprint density at radius 3 is 2.90 bits per heavy atom. The topological polar surface area (TPSA) is 77.8 Å². The number of thiazole rings is 1. The van der Waals surface area contributed by atoms with Crippen molar-refractivity contribution in [2.75, 3.05) is 5.73 Å². The highest BCUT2D eigenvalue weighted by Gasteiger charge is 2.31. The summed E-state index contributed by atoms with van der Waals surface area (Å²) in [6.45, 7) is 1.89. The maximum atomic E-state index is 5.70. The van der Waals surface area contributed by atoms with Gasteiger partial charge in [0, 0.05) is 0 Å². The van der Waals surface area contributed by atoms with Gasteiger partial charge in [-0.1, -0.05) is 40.8 Å². The van der Waals surface area contributed by atoms with E-state index in [-0.39, 0.29) is 5.92 Å². The maximum Gasteiger partial charge on any atom is 0.270 e. The Labute approximate surface area is 119 Å². The first kappa shape index (κ1) is 11.6. The fourth-order valence-corrected chi connectivity index (χ4v) is 3.33. The first-order chi connectivity index (χ1) is 9.72. The van der Waals surface area contributed by atoms with Crippen LogP contribution >= 0.6 is 11.3 Å². The van der Waals surface area contributed by atoms with E-state index in [1.807, 2.05) is 13.0 Å². The van der Waals surface area contributed by atoms with Gasteiger partial charge in [0.05, 0.1) is 11.6 Å². The third-order valence-electron chi connectivity index (χ3n) is 3.62. The molecule has 1 aromatic carbocycles. The molecule has 0 spiro atoms. The minimum atomic E-state index is 0.245. The van der Waals surface area contributed by atoms with Gasteiger partial charge in [-0.3, -0.25) is 0 Å². The number of aromatic nitrogens is 3. The van der Waals surface area contributed by atoms with Gasteiger partial charge in [0.15, 0.2) is 11.0 Å². The Morgan fingerprint density at radius 2 is 2.15 bits per heavy atom. The standard InChI is InChI=1S/C14H12N4OS/c1-7-11(20-14(15)16-7)13-17-12(18-19-13)10-6-8-4-2-3-5-9(8)10/h2-5,10H,6H2,1H3,(H2,15,16). The van der Waals surface area contributed by atoms with Crippen molar-refractivity contribution in [1.82, 2.24) is 15.1 Å². The average Bonchev–Trinajstić information content (AvgIpc) is 2.98. The highest BCUT2D eigenvalue weighted by Crippen LogP contribution is 2.39. The molecule has 0 aliphatic heterocycles. The number of anilines is 1. The summed E-state index contributed by atoms with van der Waals surface area (Å²) >= 11 is 1.37. The molecule has 0 amide bonds. The summed E-state index contributed by atoms with van der Waals surface area (Å²) < 4.78 is 5.37. The molecule has 0 fully saturated rings. The lowest BCUT2D eigenvalue weighted by atomic mass is 9.77. The lowest BCUT2D eigenvalue weighted by molar-refractivity contribution is 0.417. The predicted molar refractivity (Wildman–Crippen MR) is 76.5 cm³/mol. The normalized spacial score (nSPS) is 16.8. The van der Waals surface area contributed by atoms with Crippen LogP contribution in [-0.2, 0) is 6.42 Å². The van der Waals surface area contributed by atoms with E-state index >= 15 is 0 Å². The largest absolute Gasteiger partial charge is 0.375 e. The van der Waals surface area contributed by atoms with Crippen LogP contribution in [0.25, 0.3) is 10.8 Å². The lowest BCUT2D eigenvalue weighted by Gasteiger charge is -2.27. The van der Waals surface area contributed by atoms with Crippen LogP contribution in [0.2, 0.25) is 0 Å². The van der Waals surface area contributed by atoms with E-state index in [0.717, 1.165) is 22.8 Å². The van der Waals surface area contributed by atoms with Crippen LogP contribution in [0.1, 0.15) is 28.6 Å². The molecule has 20 heavy (non-hydrogen) atoms. The average molecular weight is 284 g/mol. The minimum Gasteiger partial charge on any atom is -0.375 e. The third-order valence-corrected chi connectivity index (χ3v) is 4.59. The fraction of sp³-hybridized carbons (Fsp3) is 0.214. The zero-order valence-electron chi connectivity index (χ0n) is 10.8. The van der Waals surface area contributed by atoms with Crippen LogP contribution in [0.4, 0.5) is 5.13 Å². The molecule has 2 N–H and O–H groups in total. The number of rotatable bonds is 2. The van der Waals surface area contributed by atoms with Gasteiger partial charge in [0.1, 0.15) is 4.88 Å². The molecule has 0 radical (unpaired) electrons. The van der Waals surface area contributed by atoms with Gasteiger partial charge in [-0.25, -0.2) is 4.98 Å². The Kier molecular flexibility index (Phi) is 2.40. The summed E-state index contributed by atoms with van der Waals surface area (Å²) in [4.78, 5) is 9.55. The number of nitrogens with zero attached hydrogens (tertiary/aromatic N) is 3. The first-order valence-corrected chi connectivity index (χ1v) is 7.18. The van der Waals surface area contributed by atoms with E-state index in [1.165, 1.54) is 22.5 Å². The number of benzene rings is 1. The molecular weight excluding hydrogens is 272 g/mol. The number of hydrogen-bond acceptors (Lipinski definition) is 6. The first-order valence-electron chi connectivity index (χ1n) is 6.37. The highest BCUT2D eigenvalue weighted by atomic mass is 32.1. The van der Waals surface area contributed by atoms with E-state index in [2.05, 4.69) is 33.3 Å². The Bertz CT molecular complexity index is 792. The van der Waals surface area contributed by atoms with Crippen molar-refractivity contribution in [2.45, 2.75) is 19.3 Å². The molecule has 4 rings (SSSR count). The summed E-state index contributed by atoms with van der Waals surface area (Å²) in [6, 6.07) is 8.36. The molecule has 100 valence electrons. The van der Waals surface area contributed by atoms with E-state index in [1.54, 1.807) is 0 Å². The van der Waals surface area contributed by atoms with Crippen LogP contribution in [0, 0.1) is 6.92 Å². The Balaban J connectivity index is 1.69. The van der Waals surface area contributed by atoms with E-state index in [9.17, 15) is 0 Å². The molecule has 2 aromatic heterocycles. The fourth-order valence-electron chi connectivity index (χ4n) is 2.57. The molecule has 1 aliphatic rings. The molecule has 0 saturated heterocycles. The predicted octanol–water partition coefficient (Wildman–Crippen LogP) is 2.77. The van der Waals surface area contributed by atoms with Crippen LogP contribution in [0.5, 0.6) is 0 Å². The SMILES string of the molecule is Cc1nc(N)sc1-c1nc(C2Cc3ccccc32)no1. The Morgan fingerprint density at radius 1 is 1.30 bits per heavy atom. The van der Waals surface area contributed by atoms with E-state index in [0.29, 0.717) is 11.0 Å². The summed E-state index contributed by atoms with van der Waals surface area (Å²) in [5.41, 5.74) is 9.19. The van der Waals surface area contributed by atoms with Gasteiger partial charge in [-0.15, -0.1) is 0 Å². The van der Waals surface area contributed by atoms with Gasteiger partial charge in [-0.2, -0.15) is 4.98 Å². The van der Waals surface area contributed by atoms with Gasteiger partial charge in [0.25, 0.3) is 5.89 Å². The second-order valence-corrected chi connectivity index (χ2v) is 5.91. The quantitative estimate of drug-likeness (QED) is 0.783. The molecule has 6 heteroatoms. The van der Waals surface area contributed by atoms with Crippen LogP contribution in [0.15, 0.2) is 28.8 Å². The molecule has 5 nitrogen and oxygen atoms in total. The van der Waals surface area contributed by atoms with E-state index < -0.39 is 0 Å². The van der Waals surface area contributed by atoms with Crippen LogP contribution in [0.3, 0.4) is 0 Å². The number of hydrogen-bond donors (Lipinski definition) is 1. The second kappa shape index (κ2) is 4.14. The molecular formula is C14H12N4OS. The molecule has 1 aliphatic carbocycles. The molecule has 1 unspecified atom stereocenters. The van der Waals surface area contributed by atoms with Crippen LogP contribution < -0.4 is 5.73 Å². The number of nitrogens with two attached hydrogens (primary N) is 1. The highest BCUT2D eigenvalue weighted by molar-refractivity contribution is 7.18. The van der Waals surface area contributed by atoms with Crippen molar-refractivity contribution in [2.24, 2.45) is 0 Å². The molecule has 2 heterocycles. The summed E-state index contributed by atoms with van der Waals surface area (Å²) in [5.74, 6) is 1.50. The minimum absolute atomic E-state index is 0.245. The number of nitrogen functional groups attached to an aromatic ring is 1. The molecule has 0 saturated carbocycles. The molecule has 1 atom stereocenters. The maximum absolute atomic E-state index is 5.70. The van der Waals surface area contributed by atoms with Crippen molar-refractivity contribution in [3.05, 3.63) is 46.9 Å². The number of aryl methyl sites for hydroxylation is 1. The van der Waals surface area contributed by atoms with Crippen molar-refractivity contribution < 1.29 is 4.52 Å². The molecule has 0 bridgehead atoms. The second-order valence-electron chi connectivity index (χ2n) is 4.88. The molecule has 3 aromatic rings. The zero-order valence-corrected chi connectivity index (χ0v) is 11.6. The van der Waals surface area contributed by atoms with Gasteiger partial charge < -0.3 is 10.3 Å². The number of fused-ring (bicyclic) bond motifs is 1. The summed E-state index contributed by atoms with van der Waals surface area (Å²) in [6.07, 6.45) is 0.971. The van der Waals surface area contributed by atoms with Crippen molar-refractivity contribution in [1.29, 1.82) is 0 Å². The van der Waals surface area contributed by atoms with Gasteiger partial charge >= 0.3 is 0 Å². The van der Waals surface area contributed by atoms with Gasteiger partial charge in [-0.05, 0) is 24.5 Å². The van der Waals surface area contributed by atoms with Crippen LogP contribution in [-0.4, -0.2) is 15.1 Å².